The highest BCUT2D eigenvalue weighted by Gasteiger charge is 2.27. The summed E-state index contributed by atoms with van der Waals surface area (Å²) in [7, 11) is 3.94. The van der Waals surface area contributed by atoms with Crippen molar-refractivity contribution in [1.29, 1.82) is 0 Å². The first-order chi connectivity index (χ1) is 11.6. The average Bonchev–Trinajstić information content (AvgIpc) is 2.90. The van der Waals surface area contributed by atoms with E-state index in [-0.39, 0.29) is 5.91 Å². The van der Waals surface area contributed by atoms with Gasteiger partial charge in [0.15, 0.2) is 5.82 Å². The number of hydrogen-bond donors (Lipinski definition) is 1. The van der Waals surface area contributed by atoms with E-state index in [2.05, 4.69) is 45.3 Å². The van der Waals surface area contributed by atoms with Crippen molar-refractivity contribution in [2.24, 2.45) is 0 Å². The van der Waals surface area contributed by atoms with E-state index in [1.165, 1.54) is 11.3 Å². The number of fused-ring (bicyclic) bond motifs is 1. The number of amides is 1. The molecule has 1 amide bonds. The first-order valence-electron chi connectivity index (χ1n) is 8.18. The molecule has 24 heavy (non-hydrogen) atoms. The summed E-state index contributed by atoms with van der Waals surface area (Å²) in [5.74, 6) is 0.586. The van der Waals surface area contributed by atoms with Crippen molar-refractivity contribution >= 4 is 17.4 Å². The van der Waals surface area contributed by atoms with Gasteiger partial charge in [0, 0.05) is 24.8 Å². The second-order valence-corrected chi connectivity index (χ2v) is 6.37. The zero-order valence-corrected chi connectivity index (χ0v) is 14.4. The molecule has 2 heterocycles. The minimum absolute atomic E-state index is 0.189. The van der Waals surface area contributed by atoms with Crippen LogP contribution in [0.15, 0.2) is 36.7 Å². The predicted molar refractivity (Wildman–Crippen MR) is 94.7 cm³/mol. The highest BCUT2D eigenvalue weighted by Crippen LogP contribution is 2.36. The molecule has 0 spiro atoms. The van der Waals surface area contributed by atoms with Gasteiger partial charge >= 0.3 is 0 Å². The molecule has 0 saturated heterocycles. The number of nitrogens with zero attached hydrogens (tertiary/aromatic N) is 4. The second kappa shape index (κ2) is 6.97. The SMILES string of the molecule is CC1Cc2ccccc2N1c1cnc(C(=O)NCCN(C)C)cn1. The molecule has 2 aromatic rings. The molecule has 6 nitrogen and oxygen atoms in total. The maximum absolute atomic E-state index is 12.1. The van der Waals surface area contributed by atoms with E-state index in [1.807, 2.05) is 25.1 Å². The third-order valence-corrected chi connectivity index (χ3v) is 4.17. The molecule has 1 aromatic heterocycles. The molecule has 0 radical (unpaired) electrons. The van der Waals surface area contributed by atoms with Crippen LogP contribution >= 0.6 is 0 Å². The molecule has 0 fully saturated rings. The molecular weight excluding hydrogens is 302 g/mol. The molecule has 0 bridgehead atoms. The summed E-state index contributed by atoms with van der Waals surface area (Å²) in [6.07, 6.45) is 4.22. The predicted octanol–water partition coefficient (Wildman–Crippen LogP) is 1.85. The van der Waals surface area contributed by atoms with Gasteiger partial charge in [0.25, 0.3) is 5.91 Å². The fourth-order valence-electron chi connectivity index (χ4n) is 2.96. The molecule has 3 rings (SSSR count). The first-order valence-corrected chi connectivity index (χ1v) is 8.18. The van der Waals surface area contributed by atoms with E-state index in [0.717, 1.165) is 18.8 Å². The van der Waals surface area contributed by atoms with Crippen LogP contribution in [0.5, 0.6) is 0 Å². The zero-order chi connectivity index (χ0) is 17.1. The molecule has 0 saturated carbocycles. The molecule has 126 valence electrons. The number of anilines is 2. The van der Waals surface area contributed by atoms with Gasteiger partial charge in [-0.1, -0.05) is 18.2 Å². The number of benzene rings is 1. The van der Waals surface area contributed by atoms with E-state index < -0.39 is 0 Å². The Morgan fingerprint density at radius 3 is 2.79 bits per heavy atom. The standard InChI is InChI=1S/C18H23N5O/c1-13-10-14-6-4-5-7-16(14)23(13)17-12-20-15(11-21-17)18(24)19-8-9-22(2)3/h4-7,11-13H,8-10H2,1-3H3,(H,19,24). The summed E-state index contributed by atoms with van der Waals surface area (Å²) in [6.45, 7) is 3.55. The number of likely N-dealkylation sites (N-methyl/N-ethyl adjacent to an activating group) is 1. The van der Waals surface area contributed by atoms with Gasteiger partial charge in [0.1, 0.15) is 5.69 Å². The lowest BCUT2D eigenvalue weighted by Gasteiger charge is -2.23. The van der Waals surface area contributed by atoms with E-state index in [9.17, 15) is 4.79 Å². The van der Waals surface area contributed by atoms with Crippen LogP contribution in [0.4, 0.5) is 11.5 Å². The summed E-state index contributed by atoms with van der Waals surface area (Å²) < 4.78 is 0. The van der Waals surface area contributed by atoms with Crippen molar-refractivity contribution in [3.63, 3.8) is 0 Å². The molecular formula is C18H23N5O. The molecule has 1 unspecified atom stereocenters. The van der Waals surface area contributed by atoms with Crippen molar-refractivity contribution < 1.29 is 4.79 Å². The largest absolute Gasteiger partial charge is 0.349 e. The van der Waals surface area contributed by atoms with Gasteiger partial charge in [-0.05, 0) is 39.1 Å². The lowest BCUT2D eigenvalue weighted by Crippen LogP contribution is -2.32. The Balaban J connectivity index is 1.72. The maximum atomic E-state index is 12.1. The smallest absolute Gasteiger partial charge is 0.271 e. The quantitative estimate of drug-likeness (QED) is 0.909. The molecule has 0 aliphatic carbocycles. The van der Waals surface area contributed by atoms with Gasteiger partial charge in [-0.15, -0.1) is 0 Å². The van der Waals surface area contributed by atoms with Crippen LogP contribution in [0.2, 0.25) is 0 Å². The number of hydrogen-bond acceptors (Lipinski definition) is 5. The Hall–Kier alpha value is -2.47. The average molecular weight is 325 g/mol. The van der Waals surface area contributed by atoms with Gasteiger partial charge in [0.05, 0.1) is 12.4 Å². The third kappa shape index (κ3) is 3.38. The molecule has 1 N–H and O–H groups in total. The molecule has 1 aliphatic rings. The van der Waals surface area contributed by atoms with Crippen molar-refractivity contribution in [2.45, 2.75) is 19.4 Å². The van der Waals surface area contributed by atoms with Crippen LogP contribution in [0, 0.1) is 0 Å². The Kier molecular flexibility index (Phi) is 4.76. The summed E-state index contributed by atoms with van der Waals surface area (Å²) in [4.78, 5) is 25.0. The summed E-state index contributed by atoms with van der Waals surface area (Å²) in [6, 6.07) is 8.66. The van der Waals surface area contributed by atoms with Crippen LogP contribution in [-0.4, -0.2) is 54.0 Å². The Bertz CT molecular complexity index is 714. The summed E-state index contributed by atoms with van der Waals surface area (Å²) >= 11 is 0. The highest BCUT2D eigenvalue weighted by atomic mass is 16.1. The fraction of sp³-hybridized carbons (Fsp3) is 0.389. The normalized spacial score (nSPS) is 16.3. The highest BCUT2D eigenvalue weighted by molar-refractivity contribution is 5.92. The zero-order valence-electron chi connectivity index (χ0n) is 14.4. The van der Waals surface area contributed by atoms with Crippen LogP contribution in [0.1, 0.15) is 23.0 Å². The van der Waals surface area contributed by atoms with E-state index >= 15 is 0 Å². The fourth-order valence-corrected chi connectivity index (χ4v) is 2.96. The summed E-state index contributed by atoms with van der Waals surface area (Å²) in [5.41, 5.74) is 2.83. The number of carbonyl (C=O) groups excluding carboxylic acids is 1. The molecule has 1 aliphatic heterocycles. The van der Waals surface area contributed by atoms with Gasteiger partial charge in [0.2, 0.25) is 0 Å². The van der Waals surface area contributed by atoms with Gasteiger partial charge < -0.3 is 15.1 Å². The van der Waals surface area contributed by atoms with Gasteiger partial charge in [-0.25, -0.2) is 9.97 Å². The van der Waals surface area contributed by atoms with Crippen LogP contribution in [-0.2, 0) is 6.42 Å². The number of para-hydroxylation sites is 1. The molecule has 1 atom stereocenters. The van der Waals surface area contributed by atoms with Crippen molar-refractivity contribution in [3.8, 4) is 0 Å². The van der Waals surface area contributed by atoms with Crippen molar-refractivity contribution in [1.82, 2.24) is 20.2 Å². The summed E-state index contributed by atoms with van der Waals surface area (Å²) in [5, 5.41) is 2.85. The minimum Gasteiger partial charge on any atom is -0.349 e. The lowest BCUT2D eigenvalue weighted by atomic mass is 10.1. The monoisotopic (exact) mass is 325 g/mol. The van der Waals surface area contributed by atoms with Gasteiger partial charge in [-0.2, -0.15) is 0 Å². The number of rotatable bonds is 5. The maximum Gasteiger partial charge on any atom is 0.271 e. The molecule has 6 heteroatoms. The Morgan fingerprint density at radius 1 is 1.29 bits per heavy atom. The van der Waals surface area contributed by atoms with Crippen LogP contribution in [0.25, 0.3) is 0 Å². The van der Waals surface area contributed by atoms with E-state index in [1.54, 1.807) is 12.4 Å². The first kappa shape index (κ1) is 16.4. The Morgan fingerprint density at radius 2 is 2.08 bits per heavy atom. The van der Waals surface area contributed by atoms with Crippen LogP contribution in [0.3, 0.4) is 0 Å². The number of carbonyl (C=O) groups is 1. The third-order valence-electron chi connectivity index (χ3n) is 4.17. The topological polar surface area (TPSA) is 61.4 Å². The molecule has 1 aromatic carbocycles. The number of aromatic nitrogens is 2. The van der Waals surface area contributed by atoms with E-state index in [0.29, 0.717) is 18.3 Å². The number of nitrogens with one attached hydrogen (secondary N) is 1. The second-order valence-electron chi connectivity index (χ2n) is 6.37. The van der Waals surface area contributed by atoms with Gasteiger partial charge in [-0.3, -0.25) is 4.79 Å². The lowest BCUT2D eigenvalue weighted by molar-refractivity contribution is 0.0945. The van der Waals surface area contributed by atoms with E-state index in [4.69, 9.17) is 0 Å². The Labute approximate surface area is 142 Å². The minimum atomic E-state index is -0.189. The van der Waals surface area contributed by atoms with Crippen LogP contribution < -0.4 is 10.2 Å². The van der Waals surface area contributed by atoms with Crippen molar-refractivity contribution in [3.05, 3.63) is 47.9 Å². The van der Waals surface area contributed by atoms with Crippen molar-refractivity contribution in [2.75, 3.05) is 32.1 Å².